The molecule has 7 heteroatoms. The molecule has 7 nitrogen and oxygen atoms in total. The molecule has 1 aliphatic heterocycles. The average Bonchev–Trinajstić information content (AvgIpc) is 2.89. The minimum Gasteiger partial charge on any atom is -0.299 e. The lowest BCUT2D eigenvalue weighted by atomic mass is 9.90. The lowest BCUT2D eigenvalue weighted by Gasteiger charge is -2.32. The zero-order chi connectivity index (χ0) is 24.6. The van der Waals surface area contributed by atoms with Gasteiger partial charge in [-0.25, -0.2) is 5.43 Å². The molecule has 3 aromatic carbocycles. The molecule has 1 amide bonds. The lowest BCUT2D eigenvalue weighted by molar-refractivity contribution is -0.384. The van der Waals surface area contributed by atoms with E-state index in [1.54, 1.807) is 19.1 Å². The van der Waals surface area contributed by atoms with Crippen molar-refractivity contribution in [3.05, 3.63) is 111 Å². The number of benzene rings is 3. The Morgan fingerprint density at radius 1 is 0.971 bits per heavy atom. The molecule has 1 heterocycles. The smallest absolute Gasteiger partial charge is 0.271 e. The van der Waals surface area contributed by atoms with Gasteiger partial charge in [0.1, 0.15) is 0 Å². The van der Waals surface area contributed by atoms with Crippen molar-refractivity contribution < 1.29 is 9.72 Å². The van der Waals surface area contributed by atoms with Crippen molar-refractivity contribution in [2.24, 2.45) is 11.0 Å². The van der Waals surface area contributed by atoms with E-state index in [0.29, 0.717) is 16.8 Å². The molecule has 0 aromatic heterocycles. The van der Waals surface area contributed by atoms with Gasteiger partial charge in [0, 0.05) is 29.8 Å². The second-order valence-corrected chi connectivity index (χ2v) is 9.05. The number of hydrogen-bond acceptors (Lipinski definition) is 5. The van der Waals surface area contributed by atoms with Crippen molar-refractivity contribution in [1.29, 1.82) is 0 Å². The maximum absolute atomic E-state index is 12.5. The molecular formula is C28H30N4O3. The standard InChI is InChI=1S/C28H30N4O3/c1-21(26-8-5-9-27(19-26)32(34)35)29-30-28(33)25-12-10-24(11-13-25)20-31-16-14-23(15-17-31)18-22-6-3-2-4-7-22/h2-13,19,23H,14-18,20H2,1H3,(H,30,33)/b29-21-. The highest BCUT2D eigenvalue weighted by Crippen LogP contribution is 2.23. The van der Waals surface area contributed by atoms with E-state index in [0.717, 1.165) is 32.0 Å². The lowest BCUT2D eigenvalue weighted by Crippen LogP contribution is -2.33. The van der Waals surface area contributed by atoms with E-state index >= 15 is 0 Å². The van der Waals surface area contributed by atoms with Gasteiger partial charge in [-0.15, -0.1) is 0 Å². The zero-order valence-corrected chi connectivity index (χ0v) is 19.9. The highest BCUT2D eigenvalue weighted by molar-refractivity contribution is 6.01. The number of hydrogen-bond donors (Lipinski definition) is 1. The zero-order valence-electron chi connectivity index (χ0n) is 19.9. The molecule has 0 aliphatic carbocycles. The summed E-state index contributed by atoms with van der Waals surface area (Å²) in [5.74, 6) is 0.425. The summed E-state index contributed by atoms with van der Waals surface area (Å²) in [6.45, 7) is 4.76. The minimum absolute atomic E-state index is 0.0145. The van der Waals surface area contributed by atoms with E-state index in [4.69, 9.17) is 0 Å². The maximum atomic E-state index is 12.5. The largest absolute Gasteiger partial charge is 0.299 e. The van der Waals surface area contributed by atoms with Crippen LogP contribution in [0.5, 0.6) is 0 Å². The molecule has 1 N–H and O–H groups in total. The average molecular weight is 471 g/mol. The van der Waals surface area contributed by atoms with Crippen LogP contribution in [0.4, 0.5) is 5.69 Å². The fourth-order valence-corrected chi connectivity index (χ4v) is 4.42. The van der Waals surface area contributed by atoms with Crippen LogP contribution in [0.2, 0.25) is 0 Å². The quantitative estimate of drug-likeness (QED) is 0.278. The normalized spacial score (nSPS) is 15.1. The van der Waals surface area contributed by atoms with E-state index in [-0.39, 0.29) is 11.6 Å². The number of carbonyl (C=O) groups is 1. The van der Waals surface area contributed by atoms with Gasteiger partial charge in [0.2, 0.25) is 0 Å². The second kappa shape index (κ2) is 11.5. The molecule has 1 fully saturated rings. The third kappa shape index (κ3) is 6.83. The highest BCUT2D eigenvalue weighted by Gasteiger charge is 2.19. The predicted octanol–water partition coefficient (Wildman–Crippen LogP) is 5.20. The first-order chi connectivity index (χ1) is 17.0. The summed E-state index contributed by atoms with van der Waals surface area (Å²) in [5.41, 5.74) is 6.73. The molecule has 3 aromatic rings. The molecule has 1 aliphatic rings. The number of nitrogens with zero attached hydrogens (tertiary/aromatic N) is 3. The summed E-state index contributed by atoms with van der Waals surface area (Å²) in [6, 6.07) is 24.5. The fraction of sp³-hybridized carbons (Fsp3) is 0.286. The molecular weight excluding hydrogens is 440 g/mol. The molecule has 0 atom stereocenters. The van der Waals surface area contributed by atoms with Gasteiger partial charge < -0.3 is 0 Å². The summed E-state index contributed by atoms with van der Waals surface area (Å²) in [5, 5.41) is 15.1. The van der Waals surface area contributed by atoms with E-state index < -0.39 is 4.92 Å². The second-order valence-electron chi connectivity index (χ2n) is 9.05. The van der Waals surface area contributed by atoms with Crippen molar-refractivity contribution in [3.63, 3.8) is 0 Å². The Labute approximate surface area is 205 Å². The molecule has 0 unspecified atom stereocenters. The molecule has 35 heavy (non-hydrogen) atoms. The molecule has 1 saturated heterocycles. The van der Waals surface area contributed by atoms with Gasteiger partial charge in [-0.3, -0.25) is 19.8 Å². The fourth-order valence-electron chi connectivity index (χ4n) is 4.42. The van der Waals surface area contributed by atoms with Crippen molar-refractivity contribution in [3.8, 4) is 0 Å². The van der Waals surface area contributed by atoms with Crippen LogP contribution < -0.4 is 5.43 Å². The number of hydrazone groups is 1. The van der Waals surface area contributed by atoms with Crippen LogP contribution in [-0.2, 0) is 13.0 Å². The van der Waals surface area contributed by atoms with Crippen LogP contribution in [0.1, 0.15) is 46.8 Å². The third-order valence-electron chi connectivity index (χ3n) is 6.50. The van der Waals surface area contributed by atoms with Crippen molar-refractivity contribution in [2.45, 2.75) is 32.7 Å². The summed E-state index contributed by atoms with van der Waals surface area (Å²) in [4.78, 5) is 25.5. The number of piperidine rings is 1. The van der Waals surface area contributed by atoms with Gasteiger partial charge in [0.25, 0.3) is 11.6 Å². The number of amides is 1. The number of nitro groups is 1. The summed E-state index contributed by atoms with van der Waals surface area (Å²) < 4.78 is 0. The highest BCUT2D eigenvalue weighted by atomic mass is 16.6. The summed E-state index contributed by atoms with van der Waals surface area (Å²) in [7, 11) is 0. The van der Waals surface area contributed by atoms with E-state index in [2.05, 4.69) is 45.8 Å². The third-order valence-corrected chi connectivity index (χ3v) is 6.50. The molecule has 0 spiro atoms. The number of rotatable bonds is 8. The van der Waals surface area contributed by atoms with Crippen LogP contribution in [0.25, 0.3) is 0 Å². The predicted molar refractivity (Wildman–Crippen MR) is 137 cm³/mol. The number of carbonyl (C=O) groups excluding carboxylic acids is 1. The monoisotopic (exact) mass is 470 g/mol. The summed E-state index contributed by atoms with van der Waals surface area (Å²) in [6.07, 6.45) is 3.57. The van der Waals surface area contributed by atoms with Crippen LogP contribution >= 0.6 is 0 Å². The van der Waals surface area contributed by atoms with Gasteiger partial charge in [0.15, 0.2) is 0 Å². The van der Waals surface area contributed by atoms with Gasteiger partial charge in [-0.1, -0.05) is 54.6 Å². The first-order valence-electron chi connectivity index (χ1n) is 11.9. The number of nitrogens with one attached hydrogen (secondary N) is 1. The molecule has 0 bridgehead atoms. The summed E-state index contributed by atoms with van der Waals surface area (Å²) >= 11 is 0. The Hall–Kier alpha value is -3.84. The van der Waals surface area contributed by atoms with Crippen LogP contribution in [0.15, 0.2) is 84.0 Å². The SMILES string of the molecule is C/C(=N/NC(=O)c1ccc(CN2CCC(Cc3ccccc3)CC2)cc1)c1cccc([N+](=O)[O-])c1. The van der Waals surface area contributed by atoms with Gasteiger partial charge in [-0.05, 0) is 68.5 Å². The molecule has 4 rings (SSSR count). The van der Waals surface area contributed by atoms with Crippen LogP contribution in [0, 0.1) is 16.0 Å². The van der Waals surface area contributed by atoms with Crippen molar-refractivity contribution >= 4 is 17.3 Å². The van der Waals surface area contributed by atoms with Crippen molar-refractivity contribution in [1.82, 2.24) is 10.3 Å². The number of nitro benzene ring substituents is 1. The van der Waals surface area contributed by atoms with Crippen LogP contribution in [-0.4, -0.2) is 34.5 Å². The topological polar surface area (TPSA) is 87.8 Å². The molecule has 180 valence electrons. The Balaban J connectivity index is 1.26. The minimum atomic E-state index is -0.454. The maximum Gasteiger partial charge on any atom is 0.271 e. The number of non-ortho nitro benzene ring substituents is 1. The molecule has 0 radical (unpaired) electrons. The van der Waals surface area contributed by atoms with Crippen LogP contribution in [0.3, 0.4) is 0 Å². The Morgan fingerprint density at radius 3 is 2.37 bits per heavy atom. The molecule has 0 saturated carbocycles. The van der Waals surface area contributed by atoms with Gasteiger partial charge in [-0.2, -0.15) is 5.10 Å². The van der Waals surface area contributed by atoms with E-state index in [9.17, 15) is 14.9 Å². The van der Waals surface area contributed by atoms with Crippen molar-refractivity contribution in [2.75, 3.05) is 13.1 Å². The first-order valence-corrected chi connectivity index (χ1v) is 11.9. The Morgan fingerprint density at radius 2 is 1.69 bits per heavy atom. The van der Waals surface area contributed by atoms with E-state index in [1.165, 1.54) is 36.1 Å². The Kier molecular flexibility index (Phi) is 8.00. The van der Waals surface area contributed by atoms with E-state index in [1.807, 2.05) is 24.3 Å². The first kappa shape index (κ1) is 24.3. The number of likely N-dealkylation sites (tertiary alicyclic amines) is 1. The Bertz CT molecular complexity index is 1180. The van der Waals surface area contributed by atoms with Gasteiger partial charge in [0.05, 0.1) is 10.6 Å². The van der Waals surface area contributed by atoms with Gasteiger partial charge >= 0.3 is 0 Å².